The second-order valence-electron chi connectivity index (χ2n) is 4.97. The molecule has 0 aliphatic carbocycles. The molecule has 0 saturated heterocycles. The molecular formula is C17H12ClFN2O2. The number of carbonyl (C=O) groups excluding carboxylic acids is 1. The molecule has 0 radical (unpaired) electrons. The van der Waals surface area contributed by atoms with Crippen molar-refractivity contribution in [2.75, 3.05) is 0 Å². The first-order valence-electron chi connectivity index (χ1n) is 6.89. The van der Waals surface area contributed by atoms with Gasteiger partial charge in [0, 0.05) is 23.2 Å². The zero-order valence-corrected chi connectivity index (χ0v) is 12.7. The van der Waals surface area contributed by atoms with Crippen molar-refractivity contribution in [2.45, 2.75) is 6.54 Å². The van der Waals surface area contributed by atoms with E-state index in [1.807, 2.05) is 0 Å². The summed E-state index contributed by atoms with van der Waals surface area (Å²) in [6.45, 7) is 0.194. The Hall–Kier alpha value is -2.66. The van der Waals surface area contributed by atoms with Crippen LogP contribution in [0, 0.1) is 5.82 Å². The van der Waals surface area contributed by atoms with Gasteiger partial charge < -0.3 is 10.3 Å². The molecule has 4 nitrogen and oxygen atoms in total. The minimum Gasteiger partial charge on any atom is -0.358 e. The molecule has 0 saturated carbocycles. The molecule has 0 unspecified atom stereocenters. The highest BCUT2D eigenvalue weighted by Gasteiger charge is 2.14. The minimum absolute atomic E-state index is 0.0739. The largest absolute Gasteiger partial charge is 0.358 e. The van der Waals surface area contributed by atoms with Crippen molar-refractivity contribution >= 4 is 28.4 Å². The van der Waals surface area contributed by atoms with Crippen molar-refractivity contribution in [1.82, 2.24) is 10.3 Å². The van der Waals surface area contributed by atoms with Crippen LogP contribution in [0.3, 0.4) is 0 Å². The molecule has 3 aromatic rings. The van der Waals surface area contributed by atoms with E-state index < -0.39 is 17.2 Å². The Bertz CT molecular complexity index is 953. The molecule has 1 amide bonds. The molecule has 0 aliphatic rings. The maximum absolute atomic E-state index is 13.6. The lowest BCUT2D eigenvalue weighted by molar-refractivity contribution is 0.0949. The van der Waals surface area contributed by atoms with Gasteiger partial charge in [0.25, 0.3) is 5.91 Å². The van der Waals surface area contributed by atoms with E-state index in [0.29, 0.717) is 5.02 Å². The quantitative estimate of drug-likeness (QED) is 0.774. The lowest BCUT2D eigenvalue weighted by Gasteiger charge is -2.07. The molecule has 0 atom stereocenters. The summed E-state index contributed by atoms with van der Waals surface area (Å²) in [5.41, 5.74) is 0.232. The Balaban J connectivity index is 1.88. The fourth-order valence-electron chi connectivity index (χ4n) is 2.30. The molecule has 0 aliphatic heterocycles. The molecule has 0 bridgehead atoms. The number of carbonyl (C=O) groups is 1. The van der Waals surface area contributed by atoms with Crippen LogP contribution < -0.4 is 10.7 Å². The van der Waals surface area contributed by atoms with E-state index in [1.54, 1.807) is 24.3 Å². The molecule has 0 spiro atoms. The van der Waals surface area contributed by atoms with Gasteiger partial charge in [-0.1, -0.05) is 35.9 Å². The summed E-state index contributed by atoms with van der Waals surface area (Å²) in [6.07, 6.45) is 1.22. The van der Waals surface area contributed by atoms with E-state index >= 15 is 0 Å². The van der Waals surface area contributed by atoms with Crippen molar-refractivity contribution < 1.29 is 9.18 Å². The van der Waals surface area contributed by atoms with E-state index in [1.165, 1.54) is 24.4 Å². The van der Waals surface area contributed by atoms with E-state index in [9.17, 15) is 14.0 Å². The van der Waals surface area contributed by atoms with Gasteiger partial charge in [0.15, 0.2) is 0 Å². The third-order valence-electron chi connectivity index (χ3n) is 3.51. The van der Waals surface area contributed by atoms with E-state index in [0.717, 1.165) is 5.56 Å². The highest BCUT2D eigenvalue weighted by atomic mass is 35.5. The fraction of sp³-hybridized carbons (Fsp3) is 0.0588. The summed E-state index contributed by atoms with van der Waals surface area (Å²) in [5.74, 6) is -1.08. The zero-order chi connectivity index (χ0) is 16.4. The molecular weight excluding hydrogens is 319 g/mol. The predicted molar refractivity (Wildman–Crippen MR) is 87.1 cm³/mol. The van der Waals surface area contributed by atoms with Gasteiger partial charge in [0.05, 0.1) is 5.52 Å². The summed E-state index contributed by atoms with van der Waals surface area (Å²) >= 11 is 6.02. The standard InChI is InChI=1S/C17H12ClFN2O2/c18-13-6-2-1-4-10(13)8-21-17(23)12-9-20-15-11(16(12)22)5-3-7-14(15)19/h1-7,9H,8H2,(H,20,22)(H,21,23). The Labute approximate surface area is 135 Å². The van der Waals surface area contributed by atoms with Crippen LogP contribution in [0.4, 0.5) is 4.39 Å². The molecule has 116 valence electrons. The molecule has 2 N–H and O–H groups in total. The van der Waals surface area contributed by atoms with Crippen molar-refractivity contribution in [2.24, 2.45) is 0 Å². The second kappa shape index (κ2) is 6.22. The van der Waals surface area contributed by atoms with Crippen molar-refractivity contribution in [3.63, 3.8) is 0 Å². The average Bonchev–Trinajstić information content (AvgIpc) is 2.55. The molecule has 0 fully saturated rings. The number of nitrogens with one attached hydrogen (secondary N) is 2. The maximum atomic E-state index is 13.6. The van der Waals surface area contributed by atoms with Crippen molar-refractivity contribution in [3.05, 3.63) is 80.9 Å². The van der Waals surface area contributed by atoms with Gasteiger partial charge >= 0.3 is 0 Å². The van der Waals surface area contributed by atoms with Gasteiger partial charge in [-0.25, -0.2) is 4.39 Å². The van der Waals surface area contributed by atoms with Crippen LogP contribution in [-0.2, 0) is 6.54 Å². The number of fused-ring (bicyclic) bond motifs is 1. The van der Waals surface area contributed by atoms with Crippen LogP contribution in [0.15, 0.2) is 53.5 Å². The first kappa shape index (κ1) is 15.2. The number of H-pyrrole nitrogens is 1. The van der Waals surface area contributed by atoms with Crippen molar-refractivity contribution in [3.8, 4) is 0 Å². The van der Waals surface area contributed by atoms with Crippen LogP contribution in [-0.4, -0.2) is 10.9 Å². The van der Waals surface area contributed by atoms with E-state index in [-0.39, 0.29) is 23.0 Å². The van der Waals surface area contributed by atoms with E-state index in [4.69, 9.17) is 11.6 Å². The smallest absolute Gasteiger partial charge is 0.257 e. The highest BCUT2D eigenvalue weighted by Crippen LogP contribution is 2.15. The number of para-hydroxylation sites is 1. The van der Waals surface area contributed by atoms with Crippen LogP contribution in [0.25, 0.3) is 10.9 Å². The Morgan fingerprint density at radius 1 is 1.17 bits per heavy atom. The summed E-state index contributed by atoms with van der Waals surface area (Å²) in [6, 6.07) is 11.2. The normalized spacial score (nSPS) is 10.7. The monoisotopic (exact) mass is 330 g/mol. The molecule has 1 aromatic heterocycles. The molecule has 6 heteroatoms. The lowest BCUT2D eigenvalue weighted by Crippen LogP contribution is -2.28. The molecule has 2 aromatic carbocycles. The molecule has 3 rings (SSSR count). The van der Waals surface area contributed by atoms with Crippen LogP contribution in [0.2, 0.25) is 5.02 Å². The number of pyridine rings is 1. The predicted octanol–water partition coefficient (Wildman–Crippen LogP) is 3.25. The third kappa shape index (κ3) is 2.96. The summed E-state index contributed by atoms with van der Waals surface area (Å²) in [7, 11) is 0. The second-order valence-corrected chi connectivity index (χ2v) is 5.38. The average molecular weight is 331 g/mol. The van der Waals surface area contributed by atoms with Crippen LogP contribution >= 0.6 is 11.6 Å². The number of halogens is 2. The van der Waals surface area contributed by atoms with Crippen LogP contribution in [0.1, 0.15) is 15.9 Å². The number of aromatic amines is 1. The fourth-order valence-corrected chi connectivity index (χ4v) is 2.50. The van der Waals surface area contributed by atoms with Crippen LogP contribution in [0.5, 0.6) is 0 Å². The number of aromatic nitrogens is 1. The Morgan fingerprint density at radius 3 is 2.74 bits per heavy atom. The number of hydrogen-bond donors (Lipinski definition) is 2. The van der Waals surface area contributed by atoms with Gasteiger partial charge in [-0.3, -0.25) is 9.59 Å². The Morgan fingerprint density at radius 2 is 1.96 bits per heavy atom. The molecule has 1 heterocycles. The topological polar surface area (TPSA) is 62.0 Å². The molecule has 23 heavy (non-hydrogen) atoms. The van der Waals surface area contributed by atoms with E-state index in [2.05, 4.69) is 10.3 Å². The number of hydrogen-bond acceptors (Lipinski definition) is 2. The Kier molecular flexibility index (Phi) is 4.12. The van der Waals surface area contributed by atoms with Gasteiger partial charge in [0.1, 0.15) is 11.4 Å². The SMILES string of the molecule is O=C(NCc1ccccc1Cl)c1c[nH]c2c(F)cccc2c1=O. The highest BCUT2D eigenvalue weighted by molar-refractivity contribution is 6.31. The maximum Gasteiger partial charge on any atom is 0.257 e. The van der Waals surface area contributed by atoms with Gasteiger partial charge in [0.2, 0.25) is 5.43 Å². The third-order valence-corrected chi connectivity index (χ3v) is 3.87. The minimum atomic E-state index is -0.544. The van der Waals surface area contributed by atoms with Crippen molar-refractivity contribution in [1.29, 1.82) is 0 Å². The lowest BCUT2D eigenvalue weighted by atomic mass is 10.1. The first-order valence-corrected chi connectivity index (χ1v) is 7.27. The van der Waals surface area contributed by atoms with Gasteiger partial charge in [-0.15, -0.1) is 0 Å². The van der Waals surface area contributed by atoms with Gasteiger partial charge in [-0.2, -0.15) is 0 Å². The summed E-state index contributed by atoms with van der Waals surface area (Å²) in [5, 5.41) is 3.30. The zero-order valence-electron chi connectivity index (χ0n) is 11.9. The number of rotatable bonds is 3. The number of benzene rings is 2. The summed E-state index contributed by atoms with van der Waals surface area (Å²) in [4.78, 5) is 27.2. The number of amides is 1. The van der Waals surface area contributed by atoms with Gasteiger partial charge in [-0.05, 0) is 23.8 Å². The first-order chi connectivity index (χ1) is 11.1. The summed E-state index contributed by atoms with van der Waals surface area (Å²) < 4.78 is 13.6.